The van der Waals surface area contributed by atoms with Crippen molar-refractivity contribution in [2.24, 2.45) is 0 Å². The van der Waals surface area contributed by atoms with Crippen molar-refractivity contribution in [3.63, 3.8) is 0 Å². The molecular formula is C8H11N3O3. The van der Waals surface area contributed by atoms with Crippen molar-refractivity contribution in [3.05, 3.63) is 11.9 Å². The van der Waals surface area contributed by atoms with Crippen LogP contribution in [0.5, 0.6) is 0 Å². The van der Waals surface area contributed by atoms with Gasteiger partial charge in [-0.05, 0) is 6.92 Å². The van der Waals surface area contributed by atoms with Crippen LogP contribution >= 0.6 is 0 Å². The van der Waals surface area contributed by atoms with Gasteiger partial charge in [0.25, 0.3) is 0 Å². The average Bonchev–Trinajstić information content (AvgIpc) is 2.46. The van der Waals surface area contributed by atoms with E-state index in [1.165, 1.54) is 17.8 Å². The highest BCUT2D eigenvalue weighted by Gasteiger charge is 2.17. The highest BCUT2D eigenvalue weighted by molar-refractivity contribution is 5.98. The minimum Gasteiger partial charge on any atom is -0.476 e. The molecule has 0 radical (unpaired) electrons. The van der Waals surface area contributed by atoms with Crippen molar-refractivity contribution in [1.82, 2.24) is 9.78 Å². The zero-order chi connectivity index (χ0) is 10.7. The fourth-order valence-corrected chi connectivity index (χ4v) is 1.13. The van der Waals surface area contributed by atoms with Crippen molar-refractivity contribution < 1.29 is 14.7 Å². The Morgan fingerprint density at radius 2 is 2.29 bits per heavy atom. The Labute approximate surface area is 80.5 Å². The molecule has 0 aliphatic heterocycles. The smallest absolute Gasteiger partial charge is 0.356 e. The Bertz CT molecular complexity index is 370. The Kier molecular flexibility index (Phi) is 2.85. The maximum Gasteiger partial charge on any atom is 0.356 e. The van der Waals surface area contributed by atoms with Crippen LogP contribution in [0.4, 0.5) is 5.69 Å². The molecule has 1 aromatic rings. The van der Waals surface area contributed by atoms with Crippen molar-refractivity contribution in [2.45, 2.75) is 20.4 Å². The van der Waals surface area contributed by atoms with Crippen molar-refractivity contribution >= 4 is 17.6 Å². The fraction of sp³-hybridized carbons (Fsp3) is 0.375. The normalized spacial score (nSPS) is 9.86. The molecule has 6 heteroatoms. The number of amides is 1. The third-order valence-corrected chi connectivity index (χ3v) is 1.65. The number of carbonyl (C=O) groups excluding carboxylic acids is 1. The van der Waals surface area contributed by atoms with Gasteiger partial charge >= 0.3 is 5.97 Å². The zero-order valence-corrected chi connectivity index (χ0v) is 7.94. The summed E-state index contributed by atoms with van der Waals surface area (Å²) in [5.41, 5.74) is 0.231. The highest BCUT2D eigenvalue weighted by atomic mass is 16.4. The van der Waals surface area contributed by atoms with E-state index < -0.39 is 5.97 Å². The second-order valence-corrected chi connectivity index (χ2v) is 2.71. The molecule has 1 aromatic heterocycles. The lowest BCUT2D eigenvalue weighted by Gasteiger charge is -2.02. The van der Waals surface area contributed by atoms with Gasteiger partial charge in [-0.1, -0.05) is 0 Å². The van der Waals surface area contributed by atoms with Gasteiger partial charge in [-0.3, -0.25) is 9.48 Å². The van der Waals surface area contributed by atoms with Crippen LogP contribution in [0, 0.1) is 0 Å². The molecule has 76 valence electrons. The maximum absolute atomic E-state index is 10.8. The summed E-state index contributed by atoms with van der Waals surface area (Å²) in [6, 6.07) is 0. The Hall–Kier alpha value is -1.85. The van der Waals surface area contributed by atoms with Gasteiger partial charge in [0.1, 0.15) is 0 Å². The van der Waals surface area contributed by atoms with E-state index in [0.29, 0.717) is 6.54 Å². The Morgan fingerprint density at radius 3 is 2.71 bits per heavy atom. The number of aromatic carboxylic acids is 1. The number of nitrogens with one attached hydrogen (secondary N) is 1. The molecule has 1 amide bonds. The molecule has 1 heterocycles. The fourth-order valence-electron chi connectivity index (χ4n) is 1.13. The summed E-state index contributed by atoms with van der Waals surface area (Å²) in [5, 5.41) is 15.1. The van der Waals surface area contributed by atoms with E-state index in [4.69, 9.17) is 5.11 Å². The van der Waals surface area contributed by atoms with Crippen LogP contribution in [-0.2, 0) is 11.3 Å². The SMILES string of the molecule is CCn1ncc(NC(C)=O)c1C(=O)O. The van der Waals surface area contributed by atoms with Gasteiger partial charge in [0, 0.05) is 13.5 Å². The molecule has 14 heavy (non-hydrogen) atoms. The standard InChI is InChI=1S/C8H11N3O3/c1-3-11-7(8(13)14)6(4-9-11)10-5(2)12/h4H,3H2,1-2H3,(H,10,12)(H,13,14). The number of hydrogen-bond donors (Lipinski definition) is 2. The number of hydrogen-bond acceptors (Lipinski definition) is 3. The molecule has 0 spiro atoms. The van der Waals surface area contributed by atoms with E-state index in [-0.39, 0.29) is 17.3 Å². The van der Waals surface area contributed by atoms with Crippen LogP contribution in [0.3, 0.4) is 0 Å². The van der Waals surface area contributed by atoms with E-state index in [2.05, 4.69) is 10.4 Å². The minimum atomic E-state index is -1.10. The number of carboxylic acid groups (broad SMARTS) is 1. The van der Waals surface area contributed by atoms with Gasteiger partial charge in [0.15, 0.2) is 5.69 Å². The molecule has 0 saturated heterocycles. The number of carbonyl (C=O) groups is 2. The lowest BCUT2D eigenvalue weighted by atomic mass is 10.3. The van der Waals surface area contributed by atoms with E-state index in [0.717, 1.165) is 0 Å². The molecule has 0 bridgehead atoms. The van der Waals surface area contributed by atoms with E-state index in [9.17, 15) is 9.59 Å². The van der Waals surface area contributed by atoms with Gasteiger partial charge in [0.05, 0.1) is 11.9 Å². The predicted octanol–water partition coefficient (Wildman–Crippen LogP) is 0.560. The van der Waals surface area contributed by atoms with Crippen molar-refractivity contribution in [3.8, 4) is 0 Å². The summed E-state index contributed by atoms with van der Waals surface area (Å²) in [7, 11) is 0. The molecule has 1 rings (SSSR count). The number of aromatic nitrogens is 2. The zero-order valence-electron chi connectivity index (χ0n) is 7.94. The molecule has 0 aliphatic rings. The molecule has 0 unspecified atom stereocenters. The largest absolute Gasteiger partial charge is 0.476 e. The lowest BCUT2D eigenvalue weighted by molar-refractivity contribution is -0.114. The summed E-state index contributed by atoms with van der Waals surface area (Å²) in [5.74, 6) is -1.42. The quantitative estimate of drug-likeness (QED) is 0.741. The molecular weight excluding hydrogens is 186 g/mol. The third kappa shape index (κ3) is 1.90. The molecule has 0 atom stereocenters. The number of rotatable bonds is 3. The number of nitrogens with zero attached hydrogens (tertiary/aromatic N) is 2. The molecule has 0 aromatic carbocycles. The van der Waals surface area contributed by atoms with E-state index in [1.54, 1.807) is 6.92 Å². The van der Waals surface area contributed by atoms with E-state index in [1.807, 2.05) is 0 Å². The number of carboxylic acids is 1. The first kappa shape index (κ1) is 10.2. The van der Waals surface area contributed by atoms with E-state index >= 15 is 0 Å². The first-order valence-corrected chi connectivity index (χ1v) is 4.13. The average molecular weight is 197 g/mol. The second kappa shape index (κ2) is 3.91. The molecule has 6 nitrogen and oxygen atoms in total. The summed E-state index contributed by atoms with van der Waals surface area (Å²) in [4.78, 5) is 21.6. The molecule has 0 fully saturated rings. The van der Waals surface area contributed by atoms with Gasteiger partial charge in [0.2, 0.25) is 5.91 Å². The first-order chi connectivity index (χ1) is 6.56. The summed E-state index contributed by atoms with van der Waals surface area (Å²) >= 11 is 0. The van der Waals surface area contributed by atoms with Crippen molar-refractivity contribution in [2.75, 3.05) is 5.32 Å². The van der Waals surface area contributed by atoms with Crippen LogP contribution < -0.4 is 5.32 Å². The summed E-state index contributed by atoms with van der Waals surface area (Å²) < 4.78 is 1.31. The molecule has 0 saturated carbocycles. The van der Waals surface area contributed by atoms with Crippen LogP contribution in [0.1, 0.15) is 24.3 Å². The summed E-state index contributed by atoms with van der Waals surface area (Å²) in [6.07, 6.45) is 1.33. The Balaban J connectivity index is 3.10. The first-order valence-electron chi connectivity index (χ1n) is 4.13. The number of aryl methyl sites for hydroxylation is 1. The highest BCUT2D eigenvalue weighted by Crippen LogP contribution is 2.14. The maximum atomic E-state index is 10.8. The van der Waals surface area contributed by atoms with Crippen LogP contribution in [0.15, 0.2) is 6.20 Å². The van der Waals surface area contributed by atoms with Crippen LogP contribution in [0.25, 0.3) is 0 Å². The van der Waals surface area contributed by atoms with Gasteiger partial charge in [-0.25, -0.2) is 4.79 Å². The Morgan fingerprint density at radius 1 is 1.64 bits per heavy atom. The topological polar surface area (TPSA) is 84.2 Å². The van der Waals surface area contributed by atoms with Gasteiger partial charge in [-0.15, -0.1) is 0 Å². The second-order valence-electron chi connectivity index (χ2n) is 2.71. The monoisotopic (exact) mass is 197 g/mol. The predicted molar refractivity (Wildman–Crippen MR) is 49.2 cm³/mol. The van der Waals surface area contributed by atoms with Gasteiger partial charge in [-0.2, -0.15) is 5.10 Å². The van der Waals surface area contributed by atoms with Crippen LogP contribution in [0.2, 0.25) is 0 Å². The lowest BCUT2D eigenvalue weighted by Crippen LogP contribution is -2.13. The van der Waals surface area contributed by atoms with Crippen LogP contribution in [-0.4, -0.2) is 26.8 Å². The van der Waals surface area contributed by atoms with Gasteiger partial charge < -0.3 is 10.4 Å². The summed E-state index contributed by atoms with van der Waals surface area (Å²) in [6.45, 7) is 3.53. The van der Waals surface area contributed by atoms with Crippen molar-refractivity contribution in [1.29, 1.82) is 0 Å². The third-order valence-electron chi connectivity index (χ3n) is 1.65. The number of anilines is 1. The minimum absolute atomic E-state index is 0.00250. The molecule has 0 aliphatic carbocycles. The molecule has 2 N–H and O–H groups in total.